The lowest BCUT2D eigenvalue weighted by molar-refractivity contribution is -0.142. The summed E-state index contributed by atoms with van der Waals surface area (Å²) >= 11 is 0. The molecule has 0 radical (unpaired) electrons. The molecule has 0 spiro atoms. The Morgan fingerprint density at radius 3 is 2.67 bits per heavy atom. The van der Waals surface area contributed by atoms with E-state index in [1.807, 2.05) is 0 Å². The lowest BCUT2D eigenvalue weighted by atomic mass is 9.95. The van der Waals surface area contributed by atoms with Gasteiger partial charge in [0.25, 0.3) is 0 Å². The number of carbonyl (C=O) groups is 1. The van der Waals surface area contributed by atoms with Gasteiger partial charge in [-0.1, -0.05) is 12.8 Å². The third-order valence-corrected chi connectivity index (χ3v) is 5.12. The molecule has 1 aliphatic carbocycles. The van der Waals surface area contributed by atoms with Crippen LogP contribution in [0.5, 0.6) is 0 Å². The van der Waals surface area contributed by atoms with E-state index >= 15 is 0 Å². The highest BCUT2D eigenvalue weighted by atomic mass is 16.2. The number of carbonyl (C=O) groups excluding carboxylic acids is 1. The predicted octanol–water partition coefficient (Wildman–Crippen LogP) is 0.953. The lowest BCUT2D eigenvalue weighted by Crippen LogP contribution is -2.63. The zero-order chi connectivity index (χ0) is 12.8. The maximum Gasteiger partial charge on any atom is 0.242 e. The van der Waals surface area contributed by atoms with Gasteiger partial charge in [0, 0.05) is 25.2 Å². The van der Waals surface area contributed by atoms with Crippen LogP contribution in [-0.4, -0.2) is 53.0 Å². The van der Waals surface area contributed by atoms with Crippen molar-refractivity contribution in [1.82, 2.24) is 9.80 Å². The topological polar surface area (TPSA) is 49.6 Å². The first kappa shape index (κ1) is 12.4. The summed E-state index contributed by atoms with van der Waals surface area (Å²) in [4.78, 5) is 17.3. The molecule has 2 unspecified atom stereocenters. The van der Waals surface area contributed by atoms with Crippen molar-refractivity contribution >= 4 is 5.91 Å². The van der Waals surface area contributed by atoms with E-state index in [-0.39, 0.29) is 5.91 Å². The van der Waals surface area contributed by atoms with Gasteiger partial charge in [-0.15, -0.1) is 0 Å². The van der Waals surface area contributed by atoms with Crippen molar-refractivity contribution in [2.75, 3.05) is 19.6 Å². The number of nitrogens with zero attached hydrogens (tertiary/aromatic N) is 2. The number of hydrogen-bond acceptors (Lipinski definition) is 3. The lowest BCUT2D eigenvalue weighted by Gasteiger charge is -2.44. The van der Waals surface area contributed by atoms with Crippen LogP contribution in [0.15, 0.2) is 0 Å². The molecule has 102 valence electrons. The maximum absolute atomic E-state index is 12.7. The van der Waals surface area contributed by atoms with Gasteiger partial charge in [0.2, 0.25) is 5.91 Å². The second-order valence-electron chi connectivity index (χ2n) is 6.46. The molecule has 2 N–H and O–H groups in total. The van der Waals surface area contributed by atoms with E-state index in [0.29, 0.717) is 12.1 Å². The molecule has 3 aliphatic rings. The quantitative estimate of drug-likeness (QED) is 0.755. The molecule has 1 amide bonds. The van der Waals surface area contributed by atoms with E-state index in [1.54, 1.807) is 0 Å². The molecule has 3 fully saturated rings. The maximum atomic E-state index is 12.7. The van der Waals surface area contributed by atoms with Gasteiger partial charge in [-0.05, 0) is 39.2 Å². The summed E-state index contributed by atoms with van der Waals surface area (Å²) in [6, 6.07) is 0.919. The van der Waals surface area contributed by atoms with Crippen LogP contribution in [0.4, 0.5) is 0 Å². The van der Waals surface area contributed by atoms with E-state index in [9.17, 15) is 4.79 Å². The van der Waals surface area contributed by atoms with Crippen molar-refractivity contribution in [1.29, 1.82) is 0 Å². The molecule has 3 rings (SSSR count). The number of fused-ring (bicyclic) bond motifs is 1. The van der Waals surface area contributed by atoms with Crippen LogP contribution in [0.3, 0.4) is 0 Å². The molecular formula is C14H25N3O. The van der Waals surface area contributed by atoms with Crippen molar-refractivity contribution in [2.45, 2.75) is 63.1 Å². The van der Waals surface area contributed by atoms with Gasteiger partial charge in [0.05, 0.1) is 5.54 Å². The summed E-state index contributed by atoms with van der Waals surface area (Å²) in [7, 11) is 0. The minimum atomic E-state index is -0.547. The zero-order valence-corrected chi connectivity index (χ0v) is 11.4. The SMILES string of the molecule is CC1CN2CCCC2CN1C(=O)C1(N)CCCC1. The molecule has 4 nitrogen and oxygen atoms in total. The predicted molar refractivity (Wildman–Crippen MR) is 71.2 cm³/mol. The summed E-state index contributed by atoms with van der Waals surface area (Å²) in [5.74, 6) is 0.221. The molecule has 4 heteroatoms. The van der Waals surface area contributed by atoms with Crippen LogP contribution >= 0.6 is 0 Å². The normalized spacial score (nSPS) is 35.8. The smallest absolute Gasteiger partial charge is 0.242 e. The van der Waals surface area contributed by atoms with Crippen LogP contribution in [0.2, 0.25) is 0 Å². The molecule has 2 atom stereocenters. The Balaban J connectivity index is 1.73. The molecule has 0 aromatic heterocycles. The Morgan fingerprint density at radius 2 is 1.94 bits per heavy atom. The van der Waals surface area contributed by atoms with E-state index in [1.165, 1.54) is 19.4 Å². The minimum Gasteiger partial charge on any atom is -0.336 e. The summed E-state index contributed by atoms with van der Waals surface area (Å²) in [6.07, 6.45) is 6.51. The van der Waals surface area contributed by atoms with E-state index in [4.69, 9.17) is 5.73 Å². The molecule has 18 heavy (non-hydrogen) atoms. The number of amides is 1. The van der Waals surface area contributed by atoms with Crippen molar-refractivity contribution in [3.8, 4) is 0 Å². The molecule has 2 heterocycles. The number of nitrogens with two attached hydrogens (primary N) is 1. The largest absolute Gasteiger partial charge is 0.336 e. The third-order valence-electron chi connectivity index (χ3n) is 5.12. The standard InChI is InChI=1S/C14H25N3O/c1-11-9-16-8-4-5-12(16)10-17(11)13(18)14(15)6-2-3-7-14/h11-12H,2-10,15H2,1H3. The molecule has 2 aliphatic heterocycles. The first-order chi connectivity index (χ1) is 8.60. The van der Waals surface area contributed by atoms with Gasteiger partial charge in [0.1, 0.15) is 0 Å². The van der Waals surface area contributed by atoms with Gasteiger partial charge < -0.3 is 10.6 Å². The van der Waals surface area contributed by atoms with E-state index < -0.39 is 5.54 Å². The monoisotopic (exact) mass is 251 g/mol. The van der Waals surface area contributed by atoms with Crippen LogP contribution in [0, 0.1) is 0 Å². The fraction of sp³-hybridized carbons (Fsp3) is 0.929. The fourth-order valence-electron chi connectivity index (χ4n) is 3.98. The van der Waals surface area contributed by atoms with E-state index in [0.717, 1.165) is 38.8 Å². The Kier molecular flexibility index (Phi) is 3.10. The number of hydrogen-bond donors (Lipinski definition) is 1. The van der Waals surface area contributed by atoms with Crippen LogP contribution in [0.1, 0.15) is 45.4 Å². The molecule has 0 aromatic carbocycles. The highest BCUT2D eigenvalue weighted by Gasteiger charge is 2.44. The third kappa shape index (κ3) is 1.95. The molecule has 2 saturated heterocycles. The molecule has 1 saturated carbocycles. The van der Waals surface area contributed by atoms with Crippen molar-refractivity contribution in [3.63, 3.8) is 0 Å². The van der Waals surface area contributed by atoms with Gasteiger partial charge in [-0.25, -0.2) is 0 Å². The minimum absolute atomic E-state index is 0.221. The van der Waals surface area contributed by atoms with Crippen LogP contribution < -0.4 is 5.73 Å². The summed E-state index contributed by atoms with van der Waals surface area (Å²) in [5, 5.41) is 0. The number of piperazine rings is 1. The second kappa shape index (κ2) is 4.49. The molecular weight excluding hydrogens is 226 g/mol. The summed E-state index contributed by atoms with van der Waals surface area (Å²) in [6.45, 7) is 5.32. The van der Waals surface area contributed by atoms with Crippen LogP contribution in [-0.2, 0) is 4.79 Å². The van der Waals surface area contributed by atoms with Crippen molar-refractivity contribution in [3.05, 3.63) is 0 Å². The highest BCUT2D eigenvalue weighted by Crippen LogP contribution is 2.32. The van der Waals surface area contributed by atoms with Gasteiger partial charge in [-0.2, -0.15) is 0 Å². The van der Waals surface area contributed by atoms with Gasteiger partial charge >= 0.3 is 0 Å². The Bertz CT molecular complexity index is 338. The Morgan fingerprint density at radius 1 is 1.22 bits per heavy atom. The number of rotatable bonds is 1. The first-order valence-corrected chi connectivity index (χ1v) is 7.44. The first-order valence-electron chi connectivity index (χ1n) is 7.44. The van der Waals surface area contributed by atoms with Gasteiger partial charge in [0.15, 0.2) is 0 Å². The van der Waals surface area contributed by atoms with Crippen molar-refractivity contribution < 1.29 is 4.79 Å². The summed E-state index contributed by atoms with van der Waals surface area (Å²) in [5.41, 5.74) is 5.78. The molecule has 0 aromatic rings. The highest BCUT2D eigenvalue weighted by molar-refractivity contribution is 5.87. The average Bonchev–Trinajstić information content (AvgIpc) is 2.96. The Hall–Kier alpha value is -0.610. The summed E-state index contributed by atoms with van der Waals surface area (Å²) < 4.78 is 0. The van der Waals surface area contributed by atoms with E-state index in [2.05, 4.69) is 16.7 Å². The average molecular weight is 251 g/mol. The second-order valence-corrected chi connectivity index (χ2v) is 6.46. The fourth-order valence-corrected chi connectivity index (χ4v) is 3.98. The van der Waals surface area contributed by atoms with Crippen LogP contribution in [0.25, 0.3) is 0 Å². The molecule has 0 bridgehead atoms. The Labute approximate surface area is 109 Å². The zero-order valence-electron chi connectivity index (χ0n) is 11.4. The van der Waals surface area contributed by atoms with Gasteiger partial charge in [-0.3, -0.25) is 9.69 Å². The van der Waals surface area contributed by atoms with Crippen molar-refractivity contribution in [2.24, 2.45) is 5.73 Å².